The van der Waals surface area contributed by atoms with Gasteiger partial charge in [-0.3, -0.25) is 0 Å². The van der Waals surface area contributed by atoms with E-state index in [-0.39, 0.29) is 5.25 Å². The van der Waals surface area contributed by atoms with Crippen LogP contribution in [-0.2, 0) is 7.05 Å². The van der Waals surface area contributed by atoms with Gasteiger partial charge in [-0.15, -0.1) is 11.8 Å². The van der Waals surface area contributed by atoms with Crippen molar-refractivity contribution in [2.24, 2.45) is 7.05 Å². The van der Waals surface area contributed by atoms with Crippen LogP contribution in [0.2, 0.25) is 0 Å². The second kappa shape index (κ2) is 6.54. The molecule has 4 aromatic rings. The van der Waals surface area contributed by atoms with E-state index in [1.807, 2.05) is 17.8 Å². The molecule has 24 heavy (non-hydrogen) atoms. The second-order valence-electron chi connectivity index (χ2n) is 5.74. The molecule has 4 rings (SSSR count). The highest BCUT2D eigenvalue weighted by Gasteiger charge is 2.21. The Bertz CT molecular complexity index is 945. The number of aromatic nitrogens is 2. The number of hydrogen-bond donors (Lipinski definition) is 0. The molecule has 1 aromatic heterocycles. The highest BCUT2D eigenvalue weighted by Crippen LogP contribution is 2.40. The number of para-hydroxylation sites is 2. The van der Waals surface area contributed by atoms with E-state index < -0.39 is 0 Å². The molecule has 0 bridgehead atoms. The van der Waals surface area contributed by atoms with Crippen molar-refractivity contribution in [1.29, 1.82) is 0 Å². The topological polar surface area (TPSA) is 17.8 Å². The molecule has 1 atom stereocenters. The van der Waals surface area contributed by atoms with Crippen LogP contribution < -0.4 is 0 Å². The summed E-state index contributed by atoms with van der Waals surface area (Å²) in [4.78, 5) is 6.18. The zero-order chi connectivity index (χ0) is 16.4. The van der Waals surface area contributed by atoms with Crippen molar-refractivity contribution in [2.75, 3.05) is 0 Å². The fourth-order valence-corrected chi connectivity index (χ4v) is 4.13. The number of hydrogen-bond acceptors (Lipinski definition) is 2. The van der Waals surface area contributed by atoms with Gasteiger partial charge in [0.1, 0.15) is 5.82 Å². The summed E-state index contributed by atoms with van der Waals surface area (Å²) in [6.45, 7) is 0. The number of thioether (sulfide) groups is 1. The van der Waals surface area contributed by atoms with E-state index in [1.165, 1.54) is 16.0 Å². The fraction of sp³-hybridized carbons (Fsp3) is 0.0952. The zero-order valence-corrected chi connectivity index (χ0v) is 14.3. The molecule has 1 unspecified atom stereocenters. The quantitative estimate of drug-likeness (QED) is 0.463. The first-order valence-corrected chi connectivity index (χ1v) is 8.89. The average molecular weight is 330 g/mol. The molecule has 0 aliphatic heterocycles. The maximum absolute atomic E-state index is 4.93. The monoisotopic (exact) mass is 330 g/mol. The molecule has 0 N–H and O–H groups in total. The standard InChI is InChI=1S/C21H18N2S/c1-23-19-15-9-8-14-18(19)22-21(23)20(16-10-4-2-5-11-16)24-17-12-6-3-7-13-17/h2-15,20H,1H3. The molecule has 118 valence electrons. The largest absolute Gasteiger partial charge is 0.330 e. The lowest BCUT2D eigenvalue weighted by Gasteiger charge is -2.17. The number of rotatable bonds is 4. The molecule has 3 heteroatoms. The Labute approximate surface area is 146 Å². The first-order valence-electron chi connectivity index (χ1n) is 8.01. The molecule has 3 aromatic carbocycles. The summed E-state index contributed by atoms with van der Waals surface area (Å²) >= 11 is 1.84. The molecule has 0 saturated heterocycles. The number of fused-ring (bicyclic) bond motifs is 1. The fourth-order valence-electron chi connectivity index (χ4n) is 2.93. The van der Waals surface area contributed by atoms with Crippen LogP contribution in [0.1, 0.15) is 16.6 Å². The van der Waals surface area contributed by atoms with Gasteiger partial charge in [0.2, 0.25) is 0 Å². The lowest BCUT2D eigenvalue weighted by molar-refractivity contribution is 0.835. The van der Waals surface area contributed by atoms with E-state index >= 15 is 0 Å². The van der Waals surface area contributed by atoms with Crippen LogP contribution in [0.4, 0.5) is 0 Å². The maximum Gasteiger partial charge on any atom is 0.127 e. The van der Waals surface area contributed by atoms with Crippen molar-refractivity contribution in [1.82, 2.24) is 9.55 Å². The third-order valence-corrected chi connectivity index (χ3v) is 5.42. The third kappa shape index (κ3) is 2.83. The Balaban J connectivity index is 1.84. The number of imidazole rings is 1. The van der Waals surface area contributed by atoms with Gasteiger partial charge in [0.25, 0.3) is 0 Å². The highest BCUT2D eigenvalue weighted by molar-refractivity contribution is 7.99. The SMILES string of the molecule is Cn1c(C(Sc2ccccc2)c2ccccc2)nc2ccccc21. The number of nitrogens with zero attached hydrogens (tertiary/aromatic N) is 2. The van der Waals surface area contributed by atoms with Gasteiger partial charge in [0.05, 0.1) is 16.3 Å². The summed E-state index contributed by atoms with van der Waals surface area (Å²) in [5, 5.41) is 0.158. The van der Waals surface area contributed by atoms with Gasteiger partial charge in [0, 0.05) is 11.9 Å². The van der Waals surface area contributed by atoms with E-state index in [1.54, 1.807) is 0 Å². The van der Waals surface area contributed by atoms with Crippen LogP contribution in [0.15, 0.2) is 89.8 Å². The minimum Gasteiger partial charge on any atom is -0.330 e. The molecular weight excluding hydrogens is 312 g/mol. The normalized spacial score (nSPS) is 12.4. The molecule has 1 heterocycles. The molecule has 0 aliphatic rings. The van der Waals surface area contributed by atoms with Crippen LogP contribution in [0, 0.1) is 0 Å². The smallest absolute Gasteiger partial charge is 0.127 e. The molecule has 0 radical (unpaired) electrons. The summed E-state index contributed by atoms with van der Waals surface area (Å²) in [7, 11) is 2.10. The van der Waals surface area contributed by atoms with Gasteiger partial charge in [0.15, 0.2) is 0 Å². The van der Waals surface area contributed by atoms with Crippen molar-refractivity contribution in [3.8, 4) is 0 Å². The Hall–Kier alpha value is -2.52. The summed E-state index contributed by atoms with van der Waals surface area (Å²) in [5.41, 5.74) is 3.48. The minimum atomic E-state index is 0.158. The van der Waals surface area contributed by atoms with Gasteiger partial charge < -0.3 is 4.57 Å². The third-order valence-electron chi connectivity index (χ3n) is 4.16. The van der Waals surface area contributed by atoms with Crippen molar-refractivity contribution < 1.29 is 0 Å². The summed E-state index contributed by atoms with van der Waals surface area (Å²) < 4.78 is 2.21. The average Bonchev–Trinajstić information content (AvgIpc) is 2.98. The van der Waals surface area contributed by atoms with Crippen LogP contribution in [0.3, 0.4) is 0 Å². The first-order chi connectivity index (χ1) is 11.8. The lowest BCUT2D eigenvalue weighted by Crippen LogP contribution is -2.05. The van der Waals surface area contributed by atoms with E-state index in [2.05, 4.69) is 90.5 Å². The predicted octanol–water partition coefficient (Wildman–Crippen LogP) is 5.46. The van der Waals surface area contributed by atoms with Gasteiger partial charge in [-0.05, 0) is 29.8 Å². The summed E-state index contributed by atoms with van der Waals surface area (Å²) in [5.74, 6) is 1.08. The van der Waals surface area contributed by atoms with Gasteiger partial charge in [-0.2, -0.15) is 0 Å². The van der Waals surface area contributed by atoms with Crippen molar-refractivity contribution in [2.45, 2.75) is 10.1 Å². The van der Waals surface area contributed by atoms with Crippen LogP contribution >= 0.6 is 11.8 Å². The van der Waals surface area contributed by atoms with Crippen molar-refractivity contribution >= 4 is 22.8 Å². The van der Waals surface area contributed by atoms with Crippen LogP contribution in [0.5, 0.6) is 0 Å². The van der Waals surface area contributed by atoms with Gasteiger partial charge >= 0.3 is 0 Å². The van der Waals surface area contributed by atoms with Crippen molar-refractivity contribution in [3.05, 3.63) is 96.3 Å². The number of benzene rings is 3. The van der Waals surface area contributed by atoms with E-state index in [4.69, 9.17) is 4.98 Å². The van der Waals surface area contributed by atoms with Crippen LogP contribution in [0.25, 0.3) is 11.0 Å². The van der Waals surface area contributed by atoms with E-state index in [0.29, 0.717) is 0 Å². The van der Waals surface area contributed by atoms with Crippen LogP contribution in [-0.4, -0.2) is 9.55 Å². The Morgan fingerprint density at radius 1 is 0.792 bits per heavy atom. The van der Waals surface area contributed by atoms with Crippen molar-refractivity contribution in [3.63, 3.8) is 0 Å². The van der Waals surface area contributed by atoms with Gasteiger partial charge in [-0.25, -0.2) is 4.98 Å². The molecule has 0 fully saturated rings. The molecule has 0 amide bonds. The zero-order valence-electron chi connectivity index (χ0n) is 13.5. The Morgan fingerprint density at radius 3 is 2.12 bits per heavy atom. The second-order valence-corrected chi connectivity index (χ2v) is 6.92. The van der Waals surface area contributed by atoms with E-state index in [9.17, 15) is 0 Å². The number of aryl methyl sites for hydroxylation is 1. The lowest BCUT2D eigenvalue weighted by atomic mass is 10.1. The summed E-state index contributed by atoms with van der Waals surface area (Å²) in [6, 6.07) is 29.4. The van der Waals surface area contributed by atoms with Gasteiger partial charge in [-0.1, -0.05) is 60.7 Å². The predicted molar refractivity (Wildman–Crippen MR) is 101 cm³/mol. The summed E-state index contributed by atoms with van der Waals surface area (Å²) in [6.07, 6.45) is 0. The van der Waals surface area contributed by atoms with E-state index in [0.717, 1.165) is 11.3 Å². The minimum absolute atomic E-state index is 0.158. The molecule has 0 spiro atoms. The maximum atomic E-state index is 4.93. The molecule has 0 aliphatic carbocycles. The molecular formula is C21H18N2S. The Kier molecular flexibility index (Phi) is 4.09. The highest BCUT2D eigenvalue weighted by atomic mass is 32.2. The Morgan fingerprint density at radius 2 is 1.42 bits per heavy atom. The molecule has 2 nitrogen and oxygen atoms in total. The molecule has 0 saturated carbocycles. The first kappa shape index (κ1) is 15.0.